The molecule has 0 amide bonds. The minimum Gasteiger partial charge on any atom is -0.497 e. The summed E-state index contributed by atoms with van der Waals surface area (Å²) in [6, 6.07) is 7.33. The van der Waals surface area contributed by atoms with Crippen LogP contribution in [0, 0.1) is 5.92 Å². The molecule has 0 spiro atoms. The zero-order valence-corrected chi connectivity index (χ0v) is 7.98. The molecule has 0 saturated heterocycles. The smallest absolute Gasteiger partial charge is 0.118 e. The van der Waals surface area contributed by atoms with E-state index in [2.05, 4.69) is 0 Å². The highest BCUT2D eigenvalue weighted by Gasteiger charge is 2.51. The van der Waals surface area contributed by atoms with E-state index >= 15 is 0 Å². The number of aliphatic hydroxyl groups excluding tert-OH is 1. The Labute approximate surface area is 82.3 Å². The molecule has 1 aromatic carbocycles. The summed E-state index contributed by atoms with van der Waals surface area (Å²) in [5, 5.41) is 8.84. The molecule has 1 N–H and O–H groups in total. The van der Waals surface area contributed by atoms with Gasteiger partial charge in [0, 0.05) is 18.4 Å². The zero-order valence-electron chi connectivity index (χ0n) is 7.98. The Balaban J connectivity index is 2.11. The normalized spacial score (nSPS) is 30.1. The fourth-order valence-corrected chi connectivity index (χ4v) is 1.80. The van der Waals surface area contributed by atoms with E-state index in [1.165, 1.54) is 0 Å². The Morgan fingerprint density at radius 2 is 2.00 bits per heavy atom. The molecule has 3 heteroatoms. The van der Waals surface area contributed by atoms with E-state index in [1.54, 1.807) is 7.11 Å². The average molecular weight is 196 g/mol. The molecular formula is C11H13FO2. The van der Waals surface area contributed by atoms with Crippen LogP contribution >= 0.6 is 0 Å². The van der Waals surface area contributed by atoms with Crippen LogP contribution in [0.25, 0.3) is 0 Å². The molecule has 1 aliphatic rings. The van der Waals surface area contributed by atoms with Gasteiger partial charge in [-0.15, -0.1) is 0 Å². The Kier molecular flexibility index (Phi) is 2.42. The van der Waals surface area contributed by atoms with Crippen LogP contribution in [-0.2, 0) is 0 Å². The molecule has 2 nitrogen and oxygen atoms in total. The molecule has 14 heavy (non-hydrogen) atoms. The molecule has 0 heterocycles. The van der Waals surface area contributed by atoms with Crippen molar-refractivity contribution in [3.05, 3.63) is 29.8 Å². The van der Waals surface area contributed by atoms with Crippen molar-refractivity contribution in [3.63, 3.8) is 0 Å². The van der Waals surface area contributed by atoms with Crippen LogP contribution < -0.4 is 4.74 Å². The van der Waals surface area contributed by atoms with Crippen LogP contribution in [0.5, 0.6) is 5.75 Å². The van der Waals surface area contributed by atoms with Crippen molar-refractivity contribution < 1.29 is 14.2 Å². The van der Waals surface area contributed by atoms with Crippen LogP contribution in [-0.4, -0.2) is 25.0 Å². The third-order valence-corrected chi connectivity index (χ3v) is 2.78. The lowest BCUT2D eigenvalue weighted by molar-refractivity contribution is 0.257. The van der Waals surface area contributed by atoms with Crippen LogP contribution in [0.1, 0.15) is 11.5 Å². The van der Waals surface area contributed by atoms with Gasteiger partial charge in [-0.1, -0.05) is 12.1 Å². The van der Waals surface area contributed by atoms with E-state index in [4.69, 9.17) is 9.84 Å². The van der Waals surface area contributed by atoms with Gasteiger partial charge in [0.15, 0.2) is 0 Å². The highest BCUT2D eigenvalue weighted by molar-refractivity contribution is 5.34. The van der Waals surface area contributed by atoms with Gasteiger partial charge in [0.05, 0.1) is 7.11 Å². The van der Waals surface area contributed by atoms with E-state index in [1.807, 2.05) is 24.3 Å². The lowest BCUT2D eigenvalue weighted by atomic mass is 10.1. The van der Waals surface area contributed by atoms with Gasteiger partial charge in [-0.25, -0.2) is 4.39 Å². The van der Waals surface area contributed by atoms with E-state index in [-0.39, 0.29) is 18.4 Å². The number of aliphatic hydroxyl groups is 1. The van der Waals surface area contributed by atoms with Crippen molar-refractivity contribution >= 4 is 0 Å². The maximum absolute atomic E-state index is 13.1. The lowest BCUT2D eigenvalue weighted by Crippen LogP contribution is -1.89. The van der Waals surface area contributed by atoms with E-state index in [9.17, 15) is 4.39 Å². The number of ether oxygens (including phenoxy) is 1. The molecule has 0 radical (unpaired) electrons. The SMILES string of the molecule is COc1ccc([C@H]2[C@@H](F)[C@@H]2CO)cc1. The predicted molar refractivity (Wildman–Crippen MR) is 51.2 cm³/mol. The summed E-state index contributed by atoms with van der Waals surface area (Å²) >= 11 is 0. The number of benzene rings is 1. The average Bonchev–Trinajstić information content (AvgIpc) is 2.89. The second-order valence-electron chi connectivity index (χ2n) is 3.59. The van der Waals surface area contributed by atoms with Gasteiger partial charge in [0.2, 0.25) is 0 Å². The maximum atomic E-state index is 13.1. The Hall–Kier alpha value is -1.09. The molecule has 1 aromatic rings. The van der Waals surface area contributed by atoms with Gasteiger partial charge in [-0.2, -0.15) is 0 Å². The maximum Gasteiger partial charge on any atom is 0.118 e. The summed E-state index contributed by atoms with van der Waals surface area (Å²) in [4.78, 5) is 0. The zero-order chi connectivity index (χ0) is 10.1. The van der Waals surface area contributed by atoms with E-state index in [0.717, 1.165) is 11.3 Å². The van der Waals surface area contributed by atoms with Crippen molar-refractivity contribution in [2.45, 2.75) is 12.1 Å². The van der Waals surface area contributed by atoms with Gasteiger partial charge in [-0.05, 0) is 17.7 Å². The van der Waals surface area contributed by atoms with Crippen molar-refractivity contribution in [2.24, 2.45) is 5.92 Å². The summed E-state index contributed by atoms with van der Waals surface area (Å²) in [7, 11) is 1.60. The number of hydrogen-bond donors (Lipinski definition) is 1. The third kappa shape index (κ3) is 1.48. The molecule has 1 fully saturated rings. The first kappa shape index (κ1) is 9.46. The van der Waals surface area contributed by atoms with Crippen molar-refractivity contribution in [2.75, 3.05) is 13.7 Å². The molecule has 3 atom stereocenters. The topological polar surface area (TPSA) is 29.5 Å². The Bertz CT molecular complexity index is 310. The highest BCUT2D eigenvalue weighted by Crippen LogP contribution is 2.49. The second kappa shape index (κ2) is 3.58. The first-order valence-electron chi connectivity index (χ1n) is 4.67. The largest absolute Gasteiger partial charge is 0.497 e. The molecule has 1 saturated carbocycles. The van der Waals surface area contributed by atoms with Gasteiger partial charge >= 0.3 is 0 Å². The monoisotopic (exact) mass is 196 g/mol. The number of methoxy groups -OCH3 is 1. The van der Waals surface area contributed by atoms with Gasteiger partial charge in [-0.3, -0.25) is 0 Å². The second-order valence-corrected chi connectivity index (χ2v) is 3.59. The first-order valence-corrected chi connectivity index (χ1v) is 4.67. The van der Waals surface area contributed by atoms with Gasteiger partial charge in [0.1, 0.15) is 11.9 Å². The fraction of sp³-hybridized carbons (Fsp3) is 0.455. The third-order valence-electron chi connectivity index (χ3n) is 2.78. The molecule has 0 unspecified atom stereocenters. The summed E-state index contributed by atoms with van der Waals surface area (Å²) < 4.78 is 18.1. The molecule has 0 aromatic heterocycles. The molecule has 2 rings (SSSR count). The highest BCUT2D eigenvalue weighted by atomic mass is 19.1. The first-order chi connectivity index (χ1) is 6.77. The van der Waals surface area contributed by atoms with Crippen LogP contribution in [0.4, 0.5) is 4.39 Å². The molecule has 1 aliphatic carbocycles. The standard InChI is InChI=1S/C11H13FO2/c1-14-8-4-2-7(3-5-8)10-9(6-13)11(10)12/h2-5,9-11,13H,6H2,1H3/t9-,10-,11+/m1/s1. The lowest BCUT2D eigenvalue weighted by Gasteiger charge is -2.01. The van der Waals surface area contributed by atoms with E-state index < -0.39 is 6.17 Å². The number of halogens is 1. The Morgan fingerprint density at radius 3 is 2.43 bits per heavy atom. The van der Waals surface area contributed by atoms with Crippen LogP contribution in [0.2, 0.25) is 0 Å². The van der Waals surface area contributed by atoms with Crippen molar-refractivity contribution in [1.29, 1.82) is 0 Å². The molecule has 0 bridgehead atoms. The van der Waals surface area contributed by atoms with Gasteiger partial charge < -0.3 is 9.84 Å². The number of alkyl halides is 1. The summed E-state index contributed by atoms with van der Waals surface area (Å²) in [6.07, 6.45) is -0.881. The van der Waals surface area contributed by atoms with Crippen molar-refractivity contribution in [1.82, 2.24) is 0 Å². The number of rotatable bonds is 3. The summed E-state index contributed by atoms with van der Waals surface area (Å²) in [5.74, 6) is 0.444. The van der Waals surface area contributed by atoms with Gasteiger partial charge in [0.25, 0.3) is 0 Å². The van der Waals surface area contributed by atoms with E-state index in [0.29, 0.717) is 0 Å². The molecule has 0 aliphatic heterocycles. The van der Waals surface area contributed by atoms with Crippen LogP contribution in [0.15, 0.2) is 24.3 Å². The fourth-order valence-electron chi connectivity index (χ4n) is 1.80. The summed E-state index contributed by atoms with van der Waals surface area (Å²) in [6.45, 7) is -0.0716. The minimum atomic E-state index is -0.881. The molecule has 76 valence electrons. The Morgan fingerprint density at radius 1 is 1.36 bits per heavy atom. The van der Waals surface area contributed by atoms with Crippen molar-refractivity contribution in [3.8, 4) is 5.75 Å². The molecular weight excluding hydrogens is 183 g/mol. The minimum absolute atomic E-state index is 0.0716. The van der Waals surface area contributed by atoms with Crippen LogP contribution in [0.3, 0.4) is 0 Å². The predicted octanol–water partition coefficient (Wildman–Crippen LogP) is 1.74. The number of hydrogen-bond acceptors (Lipinski definition) is 2. The quantitative estimate of drug-likeness (QED) is 0.797. The summed E-state index contributed by atoms with van der Waals surface area (Å²) in [5.41, 5.74) is 0.942.